The molecule has 0 saturated heterocycles. The van der Waals surface area contributed by atoms with Crippen LogP contribution in [0.1, 0.15) is 41.5 Å². The van der Waals surface area contributed by atoms with Crippen LogP contribution >= 0.6 is 0 Å². The summed E-state index contributed by atoms with van der Waals surface area (Å²) >= 11 is 0. The van der Waals surface area contributed by atoms with Crippen molar-refractivity contribution in [3.05, 3.63) is 29.3 Å². The third-order valence-electron chi connectivity index (χ3n) is 3.59. The van der Waals surface area contributed by atoms with Crippen molar-refractivity contribution in [1.29, 1.82) is 0 Å². The van der Waals surface area contributed by atoms with Gasteiger partial charge in [-0.15, -0.1) is 0 Å². The summed E-state index contributed by atoms with van der Waals surface area (Å²) in [5.74, 6) is -0.681. The molecule has 10 nitrogen and oxygen atoms in total. The second kappa shape index (κ2) is 14.3. The van der Waals surface area contributed by atoms with Crippen LogP contribution in [0.15, 0.2) is 18.2 Å². The minimum atomic E-state index is -0.529. The van der Waals surface area contributed by atoms with Crippen LogP contribution in [0, 0.1) is 0 Å². The van der Waals surface area contributed by atoms with E-state index in [4.69, 9.17) is 18.9 Å². The smallest absolute Gasteiger partial charge is 0.407 e. The van der Waals surface area contributed by atoms with Crippen LogP contribution in [0.25, 0.3) is 0 Å². The second-order valence-corrected chi connectivity index (χ2v) is 7.42. The first-order chi connectivity index (χ1) is 14.7. The van der Waals surface area contributed by atoms with E-state index in [-0.39, 0.29) is 24.5 Å². The molecule has 0 radical (unpaired) electrons. The molecule has 0 atom stereocenters. The molecule has 1 rings (SSSR count). The first kappa shape index (κ1) is 26.3. The van der Waals surface area contributed by atoms with Gasteiger partial charge in [0.1, 0.15) is 17.6 Å². The fourth-order valence-electron chi connectivity index (χ4n) is 2.22. The monoisotopic (exact) mass is 440 g/mol. The Labute approximate surface area is 182 Å². The Morgan fingerprint density at radius 1 is 0.935 bits per heavy atom. The van der Waals surface area contributed by atoms with Gasteiger partial charge in [-0.3, -0.25) is 9.59 Å². The van der Waals surface area contributed by atoms with Gasteiger partial charge in [0, 0.05) is 18.7 Å². The Balaban J connectivity index is 1.95. The number of hydrogen-bond acceptors (Lipinski definition) is 8. The van der Waals surface area contributed by atoms with Crippen LogP contribution < -0.4 is 10.6 Å². The lowest BCUT2D eigenvalue weighted by molar-refractivity contribution is 0.0145. The molecule has 2 amide bonds. The van der Waals surface area contributed by atoms with Gasteiger partial charge in [0.25, 0.3) is 5.91 Å². The number of hydrogen-bond donors (Lipinski definition) is 3. The van der Waals surface area contributed by atoms with Crippen LogP contribution in [-0.4, -0.2) is 81.7 Å². The third kappa shape index (κ3) is 12.6. The summed E-state index contributed by atoms with van der Waals surface area (Å²) in [5.41, 5.74) is -0.188. The molecule has 0 aromatic heterocycles. The zero-order valence-corrected chi connectivity index (χ0v) is 18.3. The lowest BCUT2D eigenvalue weighted by atomic mass is 10.1. The molecule has 0 aliphatic rings. The average molecular weight is 440 g/mol. The molecule has 0 heterocycles. The van der Waals surface area contributed by atoms with Crippen molar-refractivity contribution < 1.29 is 38.4 Å². The quantitative estimate of drug-likeness (QED) is 0.293. The summed E-state index contributed by atoms with van der Waals surface area (Å²) in [6, 6.07) is 4.05. The average Bonchev–Trinajstić information content (AvgIpc) is 2.70. The van der Waals surface area contributed by atoms with Crippen molar-refractivity contribution in [2.75, 3.05) is 52.7 Å². The van der Waals surface area contributed by atoms with Gasteiger partial charge < -0.3 is 34.7 Å². The van der Waals surface area contributed by atoms with Crippen LogP contribution in [0.5, 0.6) is 5.75 Å². The van der Waals surface area contributed by atoms with E-state index in [9.17, 15) is 19.5 Å². The summed E-state index contributed by atoms with van der Waals surface area (Å²) in [4.78, 5) is 34.2. The maximum atomic E-state index is 12.0. The summed E-state index contributed by atoms with van der Waals surface area (Å²) in [7, 11) is 0. The van der Waals surface area contributed by atoms with Crippen molar-refractivity contribution >= 4 is 18.3 Å². The number of phenolic OH excluding ortho intramolecular Hbond substituents is 1. The first-order valence-corrected chi connectivity index (χ1v) is 9.99. The molecule has 1 aromatic carbocycles. The number of amides is 2. The number of carbonyl (C=O) groups excluding carboxylic acids is 3. The van der Waals surface area contributed by atoms with E-state index >= 15 is 0 Å². The first-order valence-electron chi connectivity index (χ1n) is 9.99. The van der Waals surface area contributed by atoms with E-state index in [1.54, 1.807) is 20.8 Å². The molecule has 0 fully saturated rings. The number of nitrogens with one attached hydrogen (secondary N) is 2. The zero-order valence-electron chi connectivity index (χ0n) is 18.3. The lowest BCUT2D eigenvalue weighted by Crippen LogP contribution is -2.34. The highest BCUT2D eigenvalue weighted by atomic mass is 16.6. The number of ether oxygens (including phenoxy) is 4. The lowest BCUT2D eigenvalue weighted by Gasteiger charge is -2.19. The standard InChI is InChI=1S/C21H32N2O8/c1-21(2,3)31-20(27)23-7-9-29-11-13-30-12-10-28-8-6-22-19(26)17-14-16(15-24)4-5-18(17)25/h4-5,14-15,25H,6-13H2,1-3H3,(H,22,26)(H,23,27). The zero-order chi connectivity index (χ0) is 23.1. The molecule has 0 spiro atoms. The van der Waals surface area contributed by atoms with Gasteiger partial charge in [-0.05, 0) is 39.0 Å². The van der Waals surface area contributed by atoms with Crippen LogP contribution in [0.4, 0.5) is 4.79 Å². The van der Waals surface area contributed by atoms with Gasteiger partial charge in [-0.1, -0.05) is 0 Å². The Kier molecular flexibility index (Phi) is 12.2. The fourth-order valence-corrected chi connectivity index (χ4v) is 2.22. The maximum absolute atomic E-state index is 12.0. The van der Waals surface area contributed by atoms with Crippen molar-refractivity contribution in [1.82, 2.24) is 10.6 Å². The molecule has 174 valence electrons. The number of aldehydes is 1. The Morgan fingerprint density at radius 2 is 1.48 bits per heavy atom. The highest BCUT2D eigenvalue weighted by molar-refractivity contribution is 5.98. The topological polar surface area (TPSA) is 132 Å². The molecule has 0 aliphatic heterocycles. The van der Waals surface area contributed by atoms with Crippen LogP contribution in [0.3, 0.4) is 0 Å². The summed E-state index contributed by atoms with van der Waals surface area (Å²) in [6.45, 7) is 8.09. The Morgan fingerprint density at radius 3 is 2.03 bits per heavy atom. The molecular formula is C21H32N2O8. The second-order valence-electron chi connectivity index (χ2n) is 7.42. The number of rotatable bonds is 14. The van der Waals surface area contributed by atoms with E-state index in [0.717, 1.165) is 0 Å². The van der Waals surface area contributed by atoms with Crippen molar-refractivity contribution in [2.45, 2.75) is 26.4 Å². The SMILES string of the molecule is CC(C)(C)OC(=O)NCCOCCOCCOCCNC(=O)c1cc(C=O)ccc1O. The van der Waals surface area contributed by atoms with Crippen LogP contribution in [-0.2, 0) is 18.9 Å². The minimum Gasteiger partial charge on any atom is -0.507 e. The van der Waals surface area contributed by atoms with E-state index in [1.807, 2.05) is 0 Å². The number of aromatic hydroxyl groups is 1. The third-order valence-corrected chi connectivity index (χ3v) is 3.59. The summed E-state index contributed by atoms with van der Waals surface area (Å²) in [5, 5.41) is 14.9. The number of benzene rings is 1. The van der Waals surface area contributed by atoms with E-state index in [2.05, 4.69) is 10.6 Å². The normalized spacial score (nSPS) is 11.1. The maximum Gasteiger partial charge on any atom is 0.407 e. The highest BCUT2D eigenvalue weighted by Gasteiger charge is 2.15. The summed E-state index contributed by atoms with van der Waals surface area (Å²) in [6.07, 6.45) is 0.123. The molecule has 0 bridgehead atoms. The molecule has 0 aliphatic carbocycles. The molecule has 31 heavy (non-hydrogen) atoms. The van der Waals surface area contributed by atoms with E-state index in [0.29, 0.717) is 51.4 Å². The van der Waals surface area contributed by atoms with Crippen LogP contribution in [0.2, 0.25) is 0 Å². The fraction of sp³-hybridized carbons (Fsp3) is 0.571. The van der Waals surface area contributed by atoms with Gasteiger partial charge in [0.05, 0.1) is 45.2 Å². The number of phenols is 1. The number of alkyl carbamates (subject to hydrolysis) is 1. The predicted molar refractivity (Wildman–Crippen MR) is 113 cm³/mol. The summed E-state index contributed by atoms with van der Waals surface area (Å²) < 4.78 is 21.1. The molecule has 1 aromatic rings. The number of carbonyl (C=O) groups is 3. The van der Waals surface area contributed by atoms with Crippen molar-refractivity contribution in [3.8, 4) is 5.75 Å². The molecular weight excluding hydrogens is 408 g/mol. The van der Waals surface area contributed by atoms with Gasteiger partial charge in [0.15, 0.2) is 0 Å². The molecule has 3 N–H and O–H groups in total. The van der Waals surface area contributed by atoms with Gasteiger partial charge >= 0.3 is 6.09 Å². The van der Waals surface area contributed by atoms with E-state index in [1.165, 1.54) is 18.2 Å². The van der Waals surface area contributed by atoms with Gasteiger partial charge in [-0.2, -0.15) is 0 Å². The molecule has 10 heteroatoms. The van der Waals surface area contributed by atoms with Gasteiger partial charge in [0.2, 0.25) is 0 Å². The molecule has 0 unspecified atom stereocenters. The van der Waals surface area contributed by atoms with Crippen molar-refractivity contribution in [3.63, 3.8) is 0 Å². The highest BCUT2D eigenvalue weighted by Crippen LogP contribution is 2.17. The largest absolute Gasteiger partial charge is 0.507 e. The van der Waals surface area contributed by atoms with Crippen molar-refractivity contribution in [2.24, 2.45) is 0 Å². The van der Waals surface area contributed by atoms with Gasteiger partial charge in [-0.25, -0.2) is 4.79 Å². The van der Waals surface area contributed by atoms with E-state index < -0.39 is 17.6 Å². The molecule has 0 saturated carbocycles. The predicted octanol–water partition coefficient (Wildman–Crippen LogP) is 1.51. The minimum absolute atomic E-state index is 0.0363. The Bertz CT molecular complexity index is 703. The Hall–Kier alpha value is -2.69.